The van der Waals surface area contributed by atoms with Gasteiger partial charge in [-0.3, -0.25) is 4.79 Å². The van der Waals surface area contributed by atoms with Crippen molar-refractivity contribution in [3.63, 3.8) is 0 Å². The highest BCUT2D eigenvalue weighted by atomic mass is 79.9. The van der Waals surface area contributed by atoms with Gasteiger partial charge in [0.2, 0.25) is 0 Å². The molecule has 0 aliphatic rings. The molecule has 0 aliphatic carbocycles. The molecule has 0 spiro atoms. The van der Waals surface area contributed by atoms with E-state index in [1.165, 1.54) is 18.2 Å². The number of amides is 1. The third-order valence-corrected chi connectivity index (χ3v) is 4.40. The molecule has 3 N–H and O–H groups in total. The molecule has 3 rings (SSSR count). The molecule has 0 atom stereocenters. The van der Waals surface area contributed by atoms with Gasteiger partial charge >= 0.3 is 0 Å². The lowest BCUT2D eigenvalue weighted by Gasteiger charge is -2.06. The summed E-state index contributed by atoms with van der Waals surface area (Å²) in [7, 11) is 0. The predicted octanol–water partition coefficient (Wildman–Crippen LogP) is 4.99. The second kappa shape index (κ2) is 6.49. The summed E-state index contributed by atoms with van der Waals surface area (Å²) in [6.07, 6.45) is 0. The largest absolute Gasteiger partial charge is 0.451 e. The monoisotopic (exact) mass is 388 g/mol. The highest BCUT2D eigenvalue weighted by Gasteiger charge is 2.15. The molecule has 0 fully saturated rings. The van der Waals surface area contributed by atoms with E-state index in [1.807, 2.05) is 25.1 Å². The molecule has 122 valence electrons. The van der Waals surface area contributed by atoms with E-state index in [1.54, 1.807) is 12.1 Å². The normalized spacial score (nSPS) is 10.6. The van der Waals surface area contributed by atoms with E-state index in [-0.39, 0.29) is 11.4 Å². The first-order valence-corrected chi connectivity index (χ1v) is 7.96. The van der Waals surface area contributed by atoms with Crippen molar-refractivity contribution in [3.8, 4) is 11.3 Å². The molecule has 0 saturated heterocycles. The topological polar surface area (TPSA) is 68.3 Å². The lowest BCUT2D eigenvalue weighted by Crippen LogP contribution is -2.12. The van der Waals surface area contributed by atoms with Crippen LogP contribution in [-0.4, -0.2) is 5.91 Å². The number of nitrogens with two attached hydrogens (primary N) is 1. The minimum Gasteiger partial charge on any atom is -0.451 e. The van der Waals surface area contributed by atoms with E-state index in [9.17, 15) is 9.18 Å². The van der Waals surface area contributed by atoms with Crippen LogP contribution in [-0.2, 0) is 0 Å². The molecular formula is C18H14BrFN2O2. The zero-order chi connectivity index (χ0) is 17.3. The van der Waals surface area contributed by atoms with Gasteiger partial charge in [-0.15, -0.1) is 0 Å². The van der Waals surface area contributed by atoms with Crippen LogP contribution >= 0.6 is 15.9 Å². The van der Waals surface area contributed by atoms with E-state index in [0.29, 0.717) is 11.4 Å². The van der Waals surface area contributed by atoms with Gasteiger partial charge < -0.3 is 15.5 Å². The van der Waals surface area contributed by atoms with Crippen molar-refractivity contribution in [1.82, 2.24) is 0 Å². The van der Waals surface area contributed by atoms with Crippen LogP contribution < -0.4 is 11.1 Å². The van der Waals surface area contributed by atoms with Crippen molar-refractivity contribution in [2.75, 3.05) is 11.1 Å². The highest BCUT2D eigenvalue weighted by Crippen LogP contribution is 2.27. The molecule has 1 heterocycles. The Kier molecular flexibility index (Phi) is 4.40. The zero-order valence-corrected chi connectivity index (χ0v) is 14.4. The number of furan rings is 1. The minimum atomic E-state index is -0.562. The molecule has 2 aromatic carbocycles. The number of halogens is 2. The van der Waals surface area contributed by atoms with Crippen molar-refractivity contribution < 1.29 is 13.6 Å². The van der Waals surface area contributed by atoms with E-state index >= 15 is 0 Å². The number of carbonyl (C=O) groups is 1. The van der Waals surface area contributed by atoms with Crippen LogP contribution in [0.15, 0.2) is 57.4 Å². The summed E-state index contributed by atoms with van der Waals surface area (Å²) in [4.78, 5) is 12.2. The maximum absolute atomic E-state index is 13.7. The fraction of sp³-hybridized carbons (Fsp3) is 0.0556. The average molecular weight is 389 g/mol. The molecular weight excluding hydrogens is 375 g/mol. The molecule has 6 heteroatoms. The summed E-state index contributed by atoms with van der Waals surface area (Å²) in [6.45, 7) is 1.97. The lowest BCUT2D eigenvalue weighted by atomic mass is 10.1. The van der Waals surface area contributed by atoms with Gasteiger partial charge in [0.05, 0.1) is 5.69 Å². The quantitative estimate of drug-likeness (QED) is 0.620. The van der Waals surface area contributed by atoms with Gasteiger partial charge in [0.1, 0.15) is 11.6 Å². The summed E-state index contributed by atoms with van der Waals surface area (Å²) in [5.41, 5.74) is 7.88. The minimum absolute atomic E-state index is 0.0115. The van der Waals surface area contributed by atoms with Crippen molar-refractivity contribution in [1.29, 1.82) is 0 Å². The number of aryl methyl sites for hydroxylation is 1. The Balaban J connectivity index is 1.83. The van der Waals surface area contributed by atoms with Gasteiger partial charge in [0, 0.05) is 15.7 Å². The molecule has 1 aromatic heterocycles. The first kappa shape index (κ1) is 16.3. The number of carbonyl (C=O) groups excluding carboxylic acids is 1. The number of hydrogen-bond acceptors (Lipinski definition) is 3. The Hall–Kier alpha value is -2.60. The zero-order valence-electron chi connectivity index (χ0n) is 12.8. The van der Waals surface area contributed by atoms with Gasteiger partial charge in [-0.2, -0.15) is 0 Å². The Morgan fingerprint density at radius 3 is 2.71 bits per heavy atom. The van der Waals surface area contributed by atoms with E-state index < -0.39 is 11.7 Å². The fourth-order valence-electron chi connectivity index (χ4n) is 2.24. The molecule has 0 aliphatic heterocycles. The number of benzene rings is 2. The molecule has 1 amide bonds. The smallest absolute Gasteiger partial charge is 0.291 e. The van der Waals surface area contributed by atoms with Crippen LogP contribution in [0.25, 0.3) is 11.3 Å². The van der Waals surface area contributed by atoms with Crippen LogP contribution in [0.4, 0.5) is 15.8 Å². The van der Waals surface area contributed by atoms with Crippen LogP contribution in [0, 0.1) is 12.7 Å². The molecule has 0 unspecified atom stereocenters. The molecule has 3 aromatic rings. The molecule has 0 bridgehead atoms. The average Bonchev–Trinajstić information content (AvgIpc) is 3.03. The summed E-state index contributed by atoms with van der Waals surface area (Å²) in [5, 5.41) is 2.46. The molecule has 0 radical (unpaired) electrons. The van der Waals surface area contributed by atoms with Crippen molar-refractivity contribution >= 4 is 33.2 Å². The summed E-state index contributed by atoms with van der Waals surface area (Å²) >= 11 is 3.44. The van der Waals surface area contributed by atoms with Crippen LogP contribution in [0.5, 0.6) is 0 Å². The van der Waals surface area contributed by atoms with E-state index in [0.717, 1.165) is 15.6 Å². The molecule has 24 heavy (non-hydrogen) atoms. The number of nitrogen functional groups attached to an aromatic ring is 1. The number of nitrogens with one attached hydrogen (secondary N) is 1. The summed E-state index contributed by atoms with van der Waals surface area (Å²) < 4.78 is 20.3. The first-order chi connectivity index (χ1) is 11.4. The summed E-state index contributed by atoms with van der Waals surface area (Å²) in [6, 6.07) is 13.0. The Bertz CT molecular complexity index is 921. The number of hydrogen-bond donors (Lipinski definition) is 2. The number of anilines is 2. The van der Waals surface area contributed by atoms with Crippen LogP contribution in [0.2, 0.25) is 0 Å². The molecule has 0 saturated carbocycles. The van der Waals surface area contributed by atoms with E-state index in [2.05, 4.69) is 21.2 Å². The lowest BCUT2D eigenvalue weighted by molar-refractivity contribution is 0.0997. The Morgan fingerprint density at radius 2 is 1.96 bits per heavy atom. The third kappa shape index (κ3) is 3.33. The van der Waals surface area contributed by atoms with Crippen molar-refractivity contribution in [2.45, 2.75) is 6.92 Å². The van der Waals surface area contributed by atoms with Gasteiger partial charge in [-0.1, -0.05) is 22.0 Å². The SMILES string of the molecule is Cc1cc(-c2ccc(C(=O)Nc3cc(N)ccc3F)o2)ccc1Br. The first-order valence-electron chi connectivity index (χ1n) is 7.17. The van der Waals surface area contributed by atoms with Gasteiger partial charge in [-0.05, 0) is 55.0 Å². The van der Waals surface area contributed by atoms with Gasteiger partial charge in [-0.25, -0.2) is 4.39 Å². The third-order valence-electron chi connectivity index (χ3n) is 3.51. The highest BCUT2D eigenvalue weighted by molar-refractivity contribution is 9.10. The Morgan fingerprint density at radius 1 is 1.17 bits per heavy atom. The maximum Gasteiger partial charge on any atom is 0.291 e. The predicted molar refractivity (Wildman–Crippen MR) is 95.3 cm³/mol. The second-order valence-electron chi connectivity index (χ2n) is 5.32. The van der Waals surface area contributed by atoms with Crippen LogP contribution in [0.1, 0.15) is 16.1 Å². The van der Waals surface area contributed by atoms with Crippen molar-refractivity contribution in [2.24, 2.45) is 0 Å². The van der Waals surface area contributed by atoms with Gasteiger partial charge in [0.25, 0.3) is 5.91 Å². The van der Waals surface area contributed by atoms with E-state index in [4.69, 9.17) is 10.2 Å². The molecule has 4 nitrogen and oxygen atoms in total. The van der Waals surface area contributed by atoms with Crippen LogP contribution in [0.3, 0.4) is 0 Å². The Labute approximate surface area is 146 Å². The fourth-order valence-corrected chi connectivity index (χ4v) is 2.48. The standard InChI is InChI=1S/C18H14BrFN2O2/c1-10-8-11(2-4-13(10)19)16-6-7-17(24-16)18(23)22-15-9-12(21)3-5-14(15)20/h2-9H,21H2,1H3,(H,22,23). The second-order valence-corrected chi connectivity index (χ2v) is 6.18. The summed E-state index contributed by atoms with van der Waals surface area (Å²) in [5.74, 6) is -0.455. The number of rotatable bonds is 3. The van der Waals surface area contributed by atoms with Crippen molar-refractivity contribution in [3.05, 3.63) is 70.1 Å². The maximum atomic E-state index is 13.7. The van der Waals surface area contributed by atoms with Gasteiger partial charge in [0.15, 0.2) is 5.76 Å².